The number of benzene rings is 4. The highest BCUT2D eigenvalue weighted by Crippen LogP contribution is 2.34. The Balaban J connectivity index is 1.46. The number of carbonyl (C=O) groups excluding carboxylic acids is 1. The van der Waals surface area contributed by atoms with Crippen molar-refractivity contribution in [1.82, 2.24) is 0 Å². The number of carbonyl (C=O) groups is 1. The van der Waals surface area contributed by atoms with Crippen LogP contribution in [0.25, 0.3) is 10.8 Å². The highest BCUT2D eigenvalue weighted by atomic mass is 32.2. The van der Waals surface area contributed by atoms with Crippen LogP contribution >= 0.6 is 0 Å². The van der Waals surface area contributed by atoms with Gasteiger partial charge >= 0.3 is 0 Å². The number of ether oxygens (including phenoxy) is 2. The second-order valence-electron chi connectivity index (χ2n) is 7.91. The van der Waals surface area contributed by atoms with Gasteiger partial charge in [-0.15, -0.1) is 0 Å². The first-order chi connectivity index (χ1) is 16.9. The van der Waals surface area contributed by atoms with Crippen LogP contribution in [0, 0.1) is 5.82 Å². The smallest absolute Gasteiger partial charge is 0.264 e. The van der Waals surface area contributed by atoms with E-state index in [1.165, 1.54) is 36.4 Å². The molecule has 4 aromatic rings. The Morgan fingerprint density at radius 3 is 2.43 bits per heavy atom. The maximum atomic E-state index is 14.0. The minimum Gasteiger partial charge on any atom is -0.486 e. The number of nitrogens with zero attached hydrogens (tertiary/aromatic N) is 1. The van der Waals surface area contributed by atoms with E-state index in [1.807, 2.05) is 30.3 Å². The zero-order valence-electron chi connectivity index (χ0n) is 18.5. The Labute approximate surface area is 201 Å². The Kier molecular flexibility index (Phi) is 6.00. The van der Waals surface area contributed by atoms with E-state index in [4.69, 9.17) is 9.47 Å². The van der Waals surface area contributed by atoms with Crippen molar-refractivity contribution in [2.45, 2.75) is 4.90 Å². The van der Waals surface area contributed by atoms with Gasteiger partial charge in [-0.1, -0.05) is 36.4 Å². The van der Waals surface area contributed by atoms with E-state index in [0.717, 1.165) is 21.1 Å². The van der Waals surface area contributed by atoms with Crippen molar-refractivity contribution in [3.8, 4) is 11.5 Å². The molecule has 0 spiro atoms. The molecule has 1 N–H and O–H groups in total. The number of rotatable bonds is 6. The molecule has 7 nitrogen and oxygen atoms in total. The number of amides is 1. The molecule has 0 aliphatic carbocycles. The molecule has 35 heavy (non-hydrogen) atoms. The van der Waals surface area contributed by atoms with E-state index in [-0.39, 0.29) is 22.9 Å². The first kappa shape index (κ1) is 22.7. The molecular formula is C26H21FN2O5S. The van der Waals surface area contributed by atoms with Gasteiger partial charge in [0.25, 0.3) is 10.0 Å². The summed E-state index contributed by atoms with van der Waals surface area (Å²) in [6.45, 7) is 0.0921. The van der Waals surface area contributed by atoms with Gasteiger partial charge in [0.15, 0.2) is 11.5 Å². The van der Waals surface area contributed by atoms with E-state index in [1.54, 1.807) is 12.1 Å². The summed E-state index contributed by atoms with van der Waals surface area (Å²) in [6, 6.07) is 22.4. The lowest BCUT2D eigenvalue weighted by molar-refractivity contribution is -0.114. The molecule has 0 unspecified atom stereocenters. The minimum absolute atomic E-state index is 0.0218. The Morgan fingerprint density at radius 1 is 0.857 bits per heavy atom. The molecular weight excluding hydrogens is 471 g/mol. The van der Waals surface area contributed by atoms with Crippen molar-refractivity contribution in [2.75, 3.05) is 29.4 Å². The second-order valence-corrected chi connectivity index (χ2v) is 9.77. The number of anilines is 2. The van der Waals surface area contributed by atoms with Gasteiger partial charge in [0.2, 0.25) is 5.91 Å². The molecule has 0 saturated heterocycles. The quantitative estimate of drug-likeness (QED) is 0.426. The molecule has 0 aromatic heterocycles. The summed E-state index contributed by atoms with van der Waals surface area (Å²) >= 11 is 0. The van der Waals surface area contributed by atoms with E-state index in [9.17, 15) is 17.6 Å². The molecule has 1 amide bonds. The summed E-state index contributed by atoms with van der Waals surface area (Å²) < 4.78 is 53.1. The third kappa shape index (κ3) is 4.76. The number of hydrogen-bond acceptors (Lipinski definition) is 5. The van der Waals surface area contributed by atoms with Crippen LogP contribution in [0.2, 0.25) is 0 Å². The predicted octanol–water partition coefficient (Wildman–Crippen LogP) is 4.58. The standard InChI is InChI=1S/C26H21FN2O5S/c27-20-6-3-7-22(15-20)29(35(31,32)23-10-11-24-25(16-23)34-13-12-33-24)17-26(30)28-21-9-8-18-4-1-2-5-19(18)14-21/h1-11,14-16H,12-13,17H2,(H,28,30). The molecule has 0 bridgehead atoms. The van der Waals surface area contributed by atoms with Gasteiger partial charge < -0.3 is 14.8 Å². The van der Waals surface area contributed by atoms with Crippen LogP contribution in [-0.4, -0.2) is 34.1 Å². The van der Waals surface area contributed by atoms with Crippen molar-refractivity contribution in [1.29, 1.82) is 0 Å². The highest BCUT2D eigenvalue weighted by Gasteiger charge is 2.29. The fraction of sp³-hybridized carbons (Fsp3) is 0.115. The fourth-order valence-electron chi connectivity index (χ4n) is 3.86. The first-order valence-electron chi connectivity index (χ1n) is 10.9. The maximum absolute atomic E-state index is 14.0. The van der Waals surface area contributed by atoms with E-state index < -0.39 is 28.3 Å². The van der Waals surface area contributed by atoms with Gasteiger partial charge in [-0.2, -0.15) is 0 Å². The van der Waals surface area contributed by atoms with Gasteiger partial charge in [0.05, 0.1) is 10.6 Å². The fourth-order valence-corrected chi connectivity index (χ4v) is 5.28. The first-order valence-corrected chi connectivity index (χ1v) is 12.3. The van der Waals surface area contributed by atoms with E-state index in [0.29, 0.717) is 18.0 Å². The number of nitrogens with one attached hydrogen (secondary N) is 1. The largest absolute Gasteiger partial charge is 0.486 e. The van der Waals surface area contributed by atoms with Gasteiger partial charge in [-0.25, -0.2) is 12.8 Å². The van der Waals surface area contributed by atoms with Crippen LogP contribution in [0.1, 0.15) is 0 Å². The molecule has 178 valence electrons. The summed E-state index contributed by atoms with van der Waals surface area (Å²) in [4.78, 5) is 12.9. The van der Waals surface area contributed by atoms with Crippen LogP contribution in [0.3, 0.4) is 0 Å². The van der Waals surface area contributed by atoms with Gasteiger partial charge in [0, 0.05) is 11.8 Å². The summed E-state index contributed by atoms with van der Waals surface area (Å²) in [5.41, 5.74) is 0.540. The molecule has 4 aromatic carbocycles. The summed E-state index contributed by atoms with van der Waals surface area (Å²) in [5, 5.41) is 4.67. The zero-order valence-corrected chi connectivity index (χ0v) is 19.3. The van der Waals surface area contributed by atoms with Gasteiger partial charge in [-0.3, -0.25) is 9.10 Å². The monoisotopic (exact) mass is 492 g/mol. The lowest BCUT2D eigenvalue weighted by Gasteiger charge is -2.25. The summed E-state index contributed by atoms with van der Waals surface area (Å²) in [6.07, 6.45) is 0. The van der Waals surface area contributed by atoms with Crippen molar-refractivity contribution in [2.24, 2.45) is 0 Å². The average Bonchev–Trinajstić information content (AvgIpc) is 2.87. The van der Waals surface area contributed by atoms with Gasteiger partial charge in [0.1, 0.15) is 25.6 Å². The van der Waals surface area contributed by atoms with E-state index in [2.05, 4.69) is 5.32 Å². The maximum Gasteiger partial charge on any atom is 0.264 e. The van der Waals surface area contributed by atoms with Crippen LogP contribution in [0.15, 0.2) is 89.8 Å². The number of sulfonamides is 1. The highest BCUT2D eigenvalue weighted by molar-refractivity contribution is 7.92. The number of fused-ring (bicyclic) bond motifs is 2. The summed E-state index contributed by atoms with van der Waals surface area (Å²) in [5.74, 6) is -0.482. The average molecular weight is 493 g/mol. The number of halogens is 1. The summed E-state index contributed by atoms with van der Waals surface area (Å²) in [7, 11) is -4.26. The van der Waals surface area contributed by atoms with Crippen molar-refractivity contribution < 1.29 is 27.1 Å². The molecule has 1 aliphatic rings. The lowest BCUT2D eigenvalue weighted by Crippen LogP contribution is -2.38. The third-order valence-corrected chi connectivity index (χ3v) is 7.29. The lowest BCUT2D eigenvalue weighted by atomic mass is 10.1. The Hall–Kier alpha value is -4.11. The SMILES string of the molecule is O=C(CN(c1cccc(F)c1)S(=O)(=O)c1ccc2c(c1)OCCO2)Nc1ccc2ccccc2c1. The normalized spacial score (nSPS) is 12.8. The Morgan fingerprint density at radius 2 is 1.63 bits per heavy atom. The van der Waals surface area contributed by atoms with Gasteiger partial charge in [-0.05, 0) is 53.2 Å². The molecule has 5 rings (SSSR count). The molecule has 0 atom stereocenters. The molecule has 0 fully saturated rings. The van der Waals surface area contributed by atoms with Crippen LogP contribution in [0.4, 0.5) is 15.8 Å². The molecule has 1 aliphatic heterocycles. The van der Waals surface area contributed by atoms with Crippen molar-refractivity contribution in [3.63, 3.8) is 0 Å². The molecule has 0 saturated carbocycles. The predicted molar refractivity (Wildman–Crippen MR) is 131 cm³/mol. The van der Waals surface area contributed by atoms with Crippen LogP contribution < -0.4 is 19.1 Å². The topological polar surface area (TPSA) is 84.9 Å². The number of hydrogen-bond donors (Lipinski definition) is 1. The van der Waals surface area contributed by atoms with Crippen molar-refractivity contribution >= 4 is 38.1 Å². The van der Waals surface area contributed by atoms with Crippen LogP contribution in [0.5, 0.6) is 11.5 Å². The minimum atomic E-state index is -4.26. The molecule has 0 radical (unpaired) electrons. The van der Waals surface area contributed by atoms with E-state index >= 15 is 0 Å². The van der Waals surface area contributed by atoms with Crippen LogP contribution in [-0.2, 0) is 14.8 Å². The van der Waals surface area contributed by atoms with Crippen molar-refractivity contribution in [3.05, 3.63) is 90.7 Å². The zero-order chi connectivity index (χ0) is 24.4. The third-order valence-electron chi connectivity index (χ3n) is 5.52. The second kappa shape index (κ2) is 9.27. The molecule has 9 heteroatoms. The molecule has 1 heterocycles. The Bertz CT molecular complexity index is 1520.